The van der Waals surface area contributed by atoms with Crippen molar-refractivity contribution in [2.75, 3.05) is 0 Å². The highest BCUT2D eigenvalue weighted by Gasteiger charge is 2.01. The first-order valence-corrected chi connectivity index (χ1v) is 3.44. The van der Waals surface area contributed by atoms with Crippen LogP contribution in [0.5, 0.6) is 0 Å². The second-order valence-electron chi connectivity index (χ2n) is 1.63. The zero-order valence-electron chi connectivity index (χ0n) is 6.77. The molecule has 0 spiro atoms. The number of nitrogens with two attached hydrogens (primary N) is 1. The number of hydrogen-bond donors (Lipinski definition) is 1. The Morgan fingerprint density at radius 2 is 1.89 bits per heavy atom. The van der Waals surface area contributed by atoms with Gasteiger partial charge >= 0.3 is 0 Å². The fourth-order valence-corrected chi connectivity index (χ4v) is 0.287. The Labute approximate surface area is 57.4 Å². The number of ketones is 1. The SMILES string of the molecule is CC.CCC(N)C(C)=O. The van der Waals surface area contributed by atoms with Gasteiger partial charge in [0.2, 0.25) is 0 Å². The lowest BCUT2D eigenvalue weighted by Crippen LogP contribution is -2.26. The molecule has 0 aliphatic carbocycles. The van der Waals surface area contributed by atoms with E-state index in [4.69, 9.17) is 5.73 Å². The summed E-state index contributed by atoms with van der Waals surface area (Å²) < 4.78 is 0. The van der Waals surface area contributed by atoms with Crippen molar-refractivity contribution in [3.05, 3.63) is 0 Å². The zero-order chi connectivity index (χ0) is 7.86. The van der Waals surface area contributed by atoms with E-state index in [2.05, 4.69) is 0 Å². The maximum atomic E-state index is 10.2. The first-order valence-electron chi connectivity index (χ1n) is 3.44. The molecule has 0 rings (SSSR count). The summed E-state index contributed by atoms with van der Waals surface area (Å²) in [6.45, 7) is 7.40. The minimum absolute atomic E-state index is 0.0718. The normalized spacial score (nSPS) is 11.2. The van der Waals surface area contributed by atoms with Gasteiger partial charge in [-0.25, -0.2) is 0 Å². The number of hydrogen-bond acceptors (Lipinski definition) is 2. The molecular formula is C7H17NO. The van der Waals surface area contributed by atoms with E-state index in [0.717, 1.165) is 6.42 Å². The first kappa shape index (κ1) is 11.4. The lowest BCUT2D eigenvalue weighted by molar-refractivity contribution is -0.118. The van der Waals surface area contributed by atoms with Gasteiger partial charge in [0.25, 0.3) is 0 Å². The topological polar surface area (TPSA) is 43.1 Å². The van der Waals surface area contributed by atoms with Gasteiger partial charge in [-0.15, -0.1) is 0 Å². The third-order valence-corrected chi connectivity index (χ3v) is 0.962. The van der Waals surface area contributed by atoms with Crippen LogP contribution in [0.3, 0.4) is 0 Å². The van der Waals surface area contributed by atoms with Gasteiger partial charge in [-0.2, -0.15) is 0 Å². The highest BCUT2D eigenvalue weighted by molar-refractivity contribution is 5.80. The molecule has 1 unspecified atom stereocenters. The summed E-state index contributed by atoms with van der Waals surface area (Å²) in [5.74, 6) is 0.0718. The van der Waals surface area contributed by atoms with Crippen molar-refractivity contribution in [1.82, 2.24) is 0 Å². The van der Waals surface area contributed by atoms with Gasteiger partial charge in [-0.3, -0.25) is 4.79 Å². The molecule has 0 aromatic carbocycles. The van der Waals surface area contributed by atoms with Crippen LogP contribution in [0.4, 0.5) is 0 Å². The van der Waals surface area contributed by atoms with Crippen LogP contribution in [-0.2, 0) is 4.79 Å². The summed E-state index contributed by atoms with van der Waals surface area (Å²) >= 11 is 0. The summed E-state index contributed by atoms with van der Waals surface area (Å²) in [6.07, 6.45) is 0.745. The molecule has 0 saturated heterocycles. The first-order chi connectivity index (χ1) is 4.18. The van der Waals surface area contributed by atoms with Gasteiger partial charge in [0, 0.05) is 0 Å². The van der Waals surface area contributed by atoms with Crippen molar-refractivity contribution >= 4 is 5.78 Å². The van der Waals surface area contributed by atoms with E-state index in [1.165, 1.54) is 6.92 Å². The number of rotatable bonds is 2. The van der Waals surface area contributed by atoms with Crippen molar-refractivity contribution in [1.29, 1.82) is 0 Å². The lowest BCUT2D eigenvalue weighted by atomic mass is 10.2. The summed E-state index contributed by atoms with van der Waals surface area (Å²) in [7, 11) is 0. The van der Waals surface area contributed by atoms with Crippen LogP contribution < -0.4 is 5.73 Å². The van der Waals surface area contributed by atoms with Gasteiger partial charge in [0.1, 0.15) is 5.78 Å². The Bertz CT molecular complexity index is 71.3. The zero-order valence-corrected chi connectivity index (χ0v) is 6.77. The van der Waals surface area contributed by atoms with Gasteiger partial charge in [0.05, 0.1) is 6.04 Å². The molecule has 0 aliphatic heterocycles. The van der Waals surface area contributed by atoms with Crippen molar-refractivity contribution in [3.8, 4) is 0 Å². The third-order valence-electron chi connectivity index (χ3n) is 0.962. The average Bonchev–Trinajstić information content (AvgIpc) is 1.91. The molecule has 0 amide bonds. The summed E-state index contributed by atoms with van der Waals surface area (Å²) in [4.78, 5) is 10.2. The van der Waals surface area contributed by atoms with Crippen LogP contribution in [0, 0.1) is 0 Å². The van der Waals surface area contributed by atoms with E-state index in [1.54, 1.807) is 0 Å². The Hall–Kier alpha value is -0.370. The fourth-order valence-electron chi connectivity index (χ4n) is 0.287. The minimum Gasteiger partial charge on any atom is -0.322 e. The van der Waals surface area contributed by atoms with Gasteiger partial charge < -0.3 is 5.73 Å². The Morgan fingerprint density at radius 1 is 1.56 bits per heavy atom. The van der Waals surface area contributed by atoms with Crippen molar-refractivity contribution in [3.63, 3.8) is 0 Å². The molecule has 0 fully saturated rings. The van der Waals surface area contributed by atoms with Gasteiger partial charge in [-0.1, -0.05) is 20.8 Å². The van der Waals surface area contributed by atoms with Crippen LogP contribution in [0.15, 0.2) is 0 Å². The lowest BCUT2D eigenvalue weighted by Gasteiger charge is -1.99. The van der Waals surface area contributed by atoms with Crippen LogP contribution in [0.2, 0.25) is 0 Å². The van der Waals surface area contributed by atoms with E-state index >= 15 is 0 Å². The highest BCUT2D eigenvalue weighted by atomic mass is 16.1. The summed E-state index contributed by atoms with van der Waals surface area (Å²) in [5, 5.41) is 0. The standard InChI is InChI=1S/C5H11NO.C2H6/c1-3-5(6)4(2)7;1-2/h5H,3,6H2,1-2H3;1-2H3. The molecule has 0 heterocycles. The van der Waals surface area contributed by atoms with Crippen LogP contribution >= 0.6 is 0 Å². The highest BCUT2D eigenvalue weighted by Crippen LogP contribution is 1.84. The molecule has 56 valence electrons. The molecule has 0 radical (unpaired) electrons. The number of carbonyl (C=O) groups excluding carboxylic acids is 1. The predicted octanol–water partition coefficient (Wildman–Crippen LogP) is 1.34. The molecule has 0 aromatic heterocycles. The monoisotopic (exact) mass is 131 g/mol. The molecule has 9 heavy (non-hydrogen) atoms. The number of carbonyl (C=O) groups is 1. The minimum atomic E-state index is -0.236. The molecule has 0 aromatic rings. The van der Waals surface area contributed by atoms with Crippen LogP contribution in [-0.4, -0.2) is 11.8 Å². The van der Waals surface area contributed by atoms with Crippen LogP contribution in [0.25, 0.3) is 0 Å². The second kappa shape index (κ2) is 7.63. The van der Waals surface area contributed by atoms with E-state index in [9.17, 15) is 4.79 Å². The Balaban J connectivity index is 0. The van der Waals surface area contributed by atoms with E-state index in [1.807, 2.05) is 20.8 Å². The predicted molar refractivity (Wildman–Crippen MR) is 40.3 cm³/mol. The third kappa shape index (κ3) is 7.63. The summed E-state index contributed by atoms with van der Waals surface area (Å²) in [5.41, 5.74) is 5.27. The average molecular weight is 131 g/mol. The molecule has 1 atom stereocenters. The van der Waals surface area contributed by atoms with Crippen molar-refractivity contribution in [2.45, 2.75) is 40.2 Å². The molecule has 0 bridgehead atoms. The second-order valence-corrected chi connectivity index (χ2v) is 1.63. The van der Waals surface area contributed by atoms with Crippen molar-refractivity contribution < 1.29 is 4.79 Å². The molecule has 0 aliphatic rings. The van der Waals surface area contributed by atoms with Gasteiger partial charge in [0.15, 0.2) is 0 Å². The number of Topliss-reactive ketones (excluding diaryl/α,β-unsaturated/α-hetero) is 1. The Kier molecular flexibility index (Phi) is 9.69. The molecule has 2 N–H and O–H groups in total. The fraction of sp³-hybridized carbons (Fsp3) is 0.857. The molecule has 0 saturated carbocycles. The quantitative estimate of drug-likeness (QED) is 0.614. The largest absolute Gasteiger partial charge is 0.322 e. The van der Waals surface area contributed by atoms with E-state index < -0.39 is 0 Å². The van der Waals surface area contributed by atoms with Gasteiger partial charge in [-0.05, 0) is 13.3 Å². The smallest absolute Gasteiger partial charge is 0.146 e. The maximum Gasteiger partial charge on any atom is 0.146 e. The van der Waals surface area contributed by atoms with Crippen molar-refractivity contribution in [2.24, 2.45) is 5.73 Å². The van der Waals surface area contributed by atoms with Crippen LogP contribution in [0.1, 0.15) is 34.1 Å². The Morgan fingerprint density at radius 3 is 1.89 bits per heavy atom. The van der Waals surface area contributed by atoms with E-state index in [-0.39, 0.29) is 11.8 Å². The molecule has 2 nitrogen and oxygen atoms in total. The maximum absolute atomic E-state index is 10.2. The summed E-state index contributed by atoms with van der Waals surface area (Å²) in [6, 6.07) is -0.236. The molecular weight excluding hydrogens is 114 g/mol. The molecule has 2 heteroatoms. The van der Waals surface area contributed by atoms with E-state index in [0.29, 0.717) is 0 Å².